The van der Waals surface area contributed by atoms with Crippen LogP contribution in [0.5, 0.6) is 0 Å². The Balaban J connectivity index is 2.06. The Labute approximate surface area is 123 Å². The molecule has 0 saturated heterocycles. The molecule has 0 aliphatic heterocycles. The molecule has 0 bridgehead atoms. The van der Waals surface area contributed by atoms with Crippen LogP contribution in [0.25, 0.3) is 0 Å². The van der Waals surface area contributed by atoms with Crippen molar-refractivity contribution in [1.82, 2.24) is 0 Å². The van der Waals surface area contributed by atoms with Crippen molar-refractivity contribution in [1.29, 1.82) is 0 Å². The van der Waals surface area contributed by atoms with E-state index in [1.54, 1.807) is 24.3 Å². The van der Waals surface area contributed by atoms with Gasteiger partial charge in [0.2, 0.25) is 0 Å². The van der Waals surface area contributed by atoms with Gasteiger partial charge in [0.1, 0.15) is 0 Å². The number of rotatable bonds is 11. The zero-order valence-electron chi connectivity index (χ0n) is 12.6. The molecular formula is C16H29O3P. The SMILES string of the molecule is CCCCCCCCCCO[PH](O)(O)c1ccccc1. The summed E-state index contributed by atoms with van der Waals surface area (Å²) in [6.07, 6.45) is 9.77. The molecule has 0 unspecified atom stereocenters. The summed E-state index contributed by atoms with van der Waals surface area (Å²) in [5.41, 5.74) is 0. The van der Waals surface area contributed by atoms with Crippen molar-refractivity contribution < 1.29 is 14.3 Å². The predicted molar refractivity (Wildman–Crippen MR) is 87.4 cm³/mol. The average molecular weight is 300 g/mol. The summed E-state index contributed by atoms with van der Waals surface area (Å²) in [4.78, 5) is 19.9. The molecule has 0 heterocycles. The van der Waals surface area contributed by atoms with E-state index in [2.05, 4.69) is 6.92 Å². The van der Waals surface area contributed by atoms with Gasteiger partial charge in [0.25, 0.3) is 0 Å². The molecule has 0 aromatic heterocycles. The van der Waals surface area contributed by atoms with Gasteiger partial charge in [0.05, 0.1) is 0 Å². The fraction of sp³-hybridized carbons (Fsp3) is 0.625. The quantitative estimate of drug-likeness (QED) is 0.480. The molecule has 0 radical (unpaired) electrons. The second kappa shape index (κ2) is 10.3. The molecule has 1 aromatic carbocycles. The van der Waals surface area contributed by atoms with E-state index in [1.807, 2.05) is 6.07 Å². The summed E-state index contributed by atoms with van der Waals surface area (Å²) in [6.45, 7) is 2.66. The van der Waals surface area contributed by atoms with E-state index in [0.29, 0.717) is 11.9 Å². The molecule has 20 heavy (non-hydrogen) atoms. The average Bonchev–Trinajstić information content (AvgIpc) is 2.46. The molecule has 0 fully saturated rings. The zero-order valence-corrected chi connectivity index (χ0v) is 13.6. The third kappa shape index (κ3) is 7.35. The molecular weight excluding hydrogens is 271 g/mol. The van der Waals surface area contributed by atoms with E-state index in [0.717, 1.165) is 12.8 Å². The van der Waals surface area contributed by atoms with Crippen molar-refractivity contribution in [3.05, 3.63) is 30.3 Å². The van der Waals surface area contributed by atoms with E-state index < -0.39 is 7.94 Å². The van der Waals surface area contributed by atoms with E-state index in [1.165, 1.54) is 38.5 Å². The van der Waals surface area contributed by atoms with Crippen LogP contribution in [0, 0.1) is 0 Å². The van der Waals surface area contributed by atoms with Gasteiger partial charge < -0.3 is 0 Å². The molecule has 2 N–H and O–H groups in total. The molecule has 4 heteroatoms. The molecule has 0 spiro atoms. The van der Waals surface area contributed by atoms with Crippen molar-refractivity contribution >= 4 is 13.2 Å². The van der Waals surface area contributed by atoms with Crippen LogP contribution in [-0.2, 0) is 4.52 Å². The molecule has 0 aliphatic rings. The predicted octanol–water partition coefficient (Wildman–Crippen LogP) is 3.95. The Morgan fingerprint density at radius 3 is 2.00 bits per heavy atom. The summed E-state index contributed by atoms with van der Waals surface area (Å²) >= 11 is 0. The fourth-order valence-corrected chi connectivity index (χ4v) is 3.41. The minimum atomic E-state index is -3.67. The summed E-state index contributed by atoms with van der Waals surface area (Å²) in [6, 6.07) is 8.86. The summed E-state index contributed by atoms with van der Waals surface area (Å²) < 4.78 is 5.31. The van der Waals surface area contributed by atoms with Crippen molar-refractivity contribution in [2.75, 3.05) is 6.61 Å². The number of benzene rings is 1. The van der Waals surface area contributed by atoms with E-state index in [9.17, 15) is 9.79 Å². The first-order chi connectivity index (χ1) is 9.67. The molecule has 0 amide bonds. The molecule has 1 aromatic rings. The molecule has 116 valence electrons. The van der Waals surface area contributed by atoms with Gasteiger partial charge in [0, 0.05) is 0 Å². The van der Waals surface area contributed by atoms with Crippen LogP contribution in [0.2, 0.25) is 0 Å². The topological polar surface area (TPSA) is 49.7 Å². The van der Waals surface area contributed by atoms with Crippen LogP contribution in [0.3, 0.4) is 0 Å². The Bertz CT molecular complexity index is 341. The second-order valence-electron chi connectivity index (χ2n) is 5.30. The normalized spacial score (nSPS) is 12.6. The molecule has 0 saturated carbocycles. The number of hydrogen-bond donors (Lipinski definition) is 2. The molecule has 0 atom stereocenters. The second-order valence-corrected chi connectivity index (χ2v) is 7.38. The van der Waals surface area contributed by atoms with Gasteiger partial charge in [-0.3, -0.25) is 0 Å². The maximum absolute atomic E-state index is 9.96. The van der Waals surface area contributed by atoms with Crippen LogP contribution in [0.15, 0.2) is 30.3 Å². The number of hydrogen-bond acceptors (Lipinski definition) is 3. The van der Waals surface area contributed by atoms with Crippen LogP contribution in [0.4, 0.5) is 0 Å². The Hall–Kier alpha value is -0.470. The van der Waals surface area contributed by atoms with E-state index in [4.69, 9.17) is 4.52 Å². The van der Waals surface area contributed by atoms with Gasteiger partial charge >= 0.3 is 123 Å². The van der Waals surface area contributed by atoms with Crippen molar-refractivity contribution in [3.63, 3.8) is 0 Å². The third-order valence-electron chi connectivity index (χ3n) is 3.45. The van der Waals surface area contributed by atoms with Gasteiger partial charge in [-0.05, 0) is 0 Å². The molecule has 3 nitrogen and oxygen atoms in total. The van der Waals surface area contributed by atoms with Crippen molar-refractivity contribution in [3.8, 4) is 0 Å². The monoisotopic (exact) mass is 300 g/mol. The van der Waals surface area contributed by atoms with Gasteiger partial charge in [0.15, 0.2) is 0 Å². The first-order valence-corrected chi connectivity index (χ1v) is 9.61. The number of unbranched alkanes of at least 4 members (excludes halogenated alkanes) is 7. The van der Waals surface area contributed by atoms with Crippen molar-refractivity contribution in [2.24, 2.45) is 0 Å². The Kier molecular flexibility index (Phi) is 9.04. The standard InChI is InChI=1S/C16H29O3P/c1-2-3-4-5-6-7-8-12-15-19-20(17,18)16-13-10-9-11-14-16/h9-11,13-14,17-18,20H,2-8,12,15H2,1H3. The van der Waals surface area contributed by atoms with E-state index in [-0.39, 0.29) is 0 Å². The summed E-state index contributed by atoms with van der Waals surface area (Å²) in [5.74, 6) is 0. The fourth-order valence-electron chi connectivity index (χ4n) is 2.19. The maximum atomic E-state index is 9.96. The van der Waals surface area contributed by atoms with Crippen molar-refractivity contribution in [2.45, 2.75) is 58.3 Å². The summed E-state index contributed by atoms with van der Waals surface area (Å²) in [7, 11) is -3.67. The van der Waals surface area contributed by atoms with Crippen LogP contribution >= 0.6 is 7.94 Å². The van der Waals surface area contributed by atoms with Gasteiger partial charge in [-0.2, -0.15) is 0 Å². The Morgan fingerprint density at radius 1 is 0.850 bits per heavy atom. The first-order valence-electron chi connectivity index (χ1n) is 7.81. The van der Waals surface area contributed by atoms with Crippen LogP contribution in [-0.4, -0.2) is 16.4 Å². The van der Waals surface area contributed by atoms with Crippen LogP contribution < -0.4 is 5.30 Å². The zero-order chi connectivity index (χ0) is 14.7. The van der Waals surface area contributed by atoms with Gasteiger partial charge in [-0.15, -0.1) is 0 Å². The third-order valence-corrected chi connectivity index (χ3v) is 5.14. The molecule has 0 aliphatic carbocycles. The first kappa shape index (κ1) is 17.6. The van der Waals surface area contributed by atoms with Gasteiger partial charge in [-0.1, -0.05) is 0 Å². The summed E-state index contributed by atoms with van der Waals surface area (Å²) in [5, 5.41) is 0.513. The van der Waals surface area contributed by atoms with Gasteiger partial charge in [-0.25, -0.2) is 0 Å². The molecule has 1 rings (SSSR count). The minimum absolute atomic E-state index is 0.434. The van der Waals surface area contributed by atoms with E-state index >= 15 is 0 Å². The Morgan fingerprint density at radius 2 is 1.40 bits per heavy atom. The van der Waals surface area contributed by atoms with Crippen LogP contribution in [0.1, 0.15) is 58.3 Å².